The minimum absolute atomic E-state index is 0.381. The molecule has 0 bridgehead atoms. The molecule has 4 heteroatoms. The average molecular weight is 288 g/mol. The number of nitrogens with two attached hydrogens (primary N) is 1. The van der Waals surface area contributed by atoms with Crippen molar-refractivity contribution >= 4 is 28.6 Å². The van der Waals surface area contributed by atoms with Gasteiger partial charge in [-0.1, -0.05) is 12.1 Å². The highest BCUT2D eigenvalue weighted by Gasteiger charge is 2.11. The van der Waals surface area contributed by atoms with E-state index in [0.717, 1.165) is 9.13 Å². The van der Waals surface area contributed by atoms with Crippen molar-refractivity contribution in [2.45, 2.75) is 12.5 Å². The van der Waals surface area contributed by atoms with E-state index in [0.29, 0.717) is 6.42 Å². The number of rotatable bonds is 3. The predicted molar refractivity (Wildman–Crippen MR) is 58.5 cm³/mol. The number of hydrogen-bond donors (Lipinski definition) is 2. The van der Waals surface area contributed by atoms with Gasteiger partial charge in [-0.2, -0.15) is 0 Å². The first kappa shape index (κ1) is 10.5. The van der Waals surface area contributed by atoms with E-state index in [1.54, 1.807) is 0 Å². The molecule has 0 saturated heterocycles. The van der Waals surface area contributed by atoms with E-state index >= 15 is 0 Å². The van der Waals surface area contributed by atoms with Crippen molar-refractivity contribution in [2.24, 2.45) is 5.73 Å². The standard InChI is InChI=1S/C9H10INO2/c10-7-3-1-6(2-4-7)5-8(11)9(12)13/h1-4,8H,5,11H2,(H,12,13)/i10-3. The molecule has 0 aliphatic rings. The van der Waals surface area contributed by atoms with Crippen molar-refractivity contribution in [3.63, 3.8) is 0 Å². The summed E-state index contributed by atoms with van der Waals surface area (Å²) in [4.78, 5) is 10.4. The molecule has 0 amide bonds. The second kappa shape index (κ2) is 4.57. The summed E-state index contributed by atoms with van der Waals surface area (Å²) >= 11 is 2.20. The van der Waals surface area contributed by atoms with E-state index in [1.165, 1.54) is 0 Å². The third-order valence-electron chi connectivity index (χ3n) is 1.69. The Kier molecular flexibility index (Phi) is 3.68. The highest BCUT2D eigenvalue weighted by atomic mass is 124. The van der Waals surface area contributed by atoms with Crippen LogP contribution in [0.1, 0.15) is 5.56 Å². The second-order valence-electron chi connectivity index (χ2n) is 2.78. The molecule has 0 aliphatic heterocycles. The Labute approximate surface area is 90.1 Å². The summed E-state index contributed by atoms with van der Waals surface area (Å²) in [6.07, 6.45) is 0.381. The van der Waals surface area contributed by atoms with E-state index < -0.39 is 12.0 Å². The molecule has 0 aromatic heterocycles. The maximum absolute atomic E-state index is 10.4. The lowest BCUT2D eigenvalue weighted by Gasteiger charge is -2.05. The Hall–Kier alpha value is -0.620. The lowest BCUT2D eigenvalue weighted by atomic mass is 10.1. The molecule has 0 fully saturated rings. The molecule has 1 aromatic rings. The third-order valence-corrected chi connectivity index (χ3v) is 2.41. The van der Waals surface area contributed by atoms with Crippen LogP contribution in [0.15, 0.2) is 24.3 Å². The molecule has 0 radical (unpaired) electrons. The highest BCUT2D eigenvalue weighted by molar-refractivity contribution is 14.1. The van der Waals surface area contributed by atoms with Gasteiger partial charge in [-0.15, -0.1) is 0 Å². The van der Waals surface area contributed by atoms with Crippen LogP contribution in [-0.4, -0.2) is 17.1 Å². The van der Waals surface area contributed by atoms with Gasteiger partial charge in [0, 0.05) is 3.57 Å². The van der Waals surface area contributed by atoms with Crippen LogP contribution >= 0.6 is 22.6 Å². The van der Waals surface area contributed by atoms with E-state index in [-0.39, 0.29) is 0 Å². The van der Waals surface area contributed by atoms with Crippen molar-refractivity contribution in [1.82, 2.24) is 0 Å². The Morgan fingerprint density at radius 3 is 2.46 bits per heavy atom. The molecule has 1 rings (SSSR count). The number of hydrogen-bond acceptors (Lipinski definition) is 2. The normalized spacial score (nSPS) is 12.5. The van der Waals surface area contributed by atoms with E-state index in [9.17, 15) is 4.79 Å². The average Bonchev–Trinajstić information content (AvgIpc) is 2.08. The van der Waals surface area contributed by atoms with Gasteiger partial charge in [0.15, 0.2) is 0 Å². The quantitative estimate of drug-likeness (QED) is 0.823. The third kappa shape index (κ3) is 3.31. The highest BCUT2D eigenvalue weighted by Crippen LogP contribution is 2.08. The zero-order valence-electron chi connectivity index (χ0n) is 6.90. The van der Waals surface area contributed by atoms with Gasteiger partial charge in [0.1, 0.15) is 6.04 Å². The van der Waals surface area contributed by atoms with Crippen LogP contribution in [0.3, 0.4) is 0 Å². The summed E-state index contributed by atoms with van der Waals surface area (Å²) in [5, 5.41) is 8.57. The van der Waals surface area contributed by atoms with Crippen molar-refractivity contribution in [3.8, 4) is 0 Å². The molecule has 1 aromatic carbocycles. The topological polar surface area (TPSA) is 63.3 Å². The smallest absolute Gasteiger partial charge is 0.320 e. The fourth-order valence-corrected chi connectivity index (χ4v) is 1.32. The van der Waals surface area contributed by atoms with E-state index in [4.69, 9.17) is 10.8 Å². The molecule has 0 spiro atoms. The van der Waals surface area contributed by atoms with Crippen molar-refractivity contribution in [1.29, 1.82) is 0 Å². The van der Waals surface area contributed by atoms with Gasteiger partial charge in [-0.25, -0.2) is 0 Å². The molecule has 3 N–H and O–H groups in total. The molecule has 3 nitrogen and oxygen atoms in total. The minimum Gasteiger partial charge on any atom is -0.480 e. The molecule has 0 saturated carbocycles. The zero-order chi connectivity index (χ0) is 9.84. The molecule has 70 valence electrons. The van der Waals surface area contributed by atoms with Crippen LogP contribution in [0, 0.1) is 3.57 Å². The fraction of sp³-hybridized carbons (Fsp3) is 0.222. The van der Waals surface area contributed by atoms with Crippen molar-refractivity contribution in [3.05, 3.63) is 33.4 Å². The Morgan fingerprint density at radius 1 is 1.46 bits per heavy atom. The van der Waals surface area contributed by atoms with Gasteiger partial charge in [0.2, 0.25) is 0 Å². The number of benzene rings is 1. The molecular weight excluding hydrogens is 278 g/mol. The second-order valence-corrected chi connectivity index (χ2v) is 4.02. The van der Waals surface area contributed by atoms with Crippen molar-refractivity contribution in [2.75, 3.05) is 0 Å². The lowest BCUT2D eigenvalue weighted by Crippen LogP contribution is -2.32. The predicted octanol–water partition coefficient (Wildman–Crippen LogP) is 1.25. The molecule has 13 heavy (non-hydrogen) atoms. The monoisotopic (exact) mass is 288 g/mol. The number of carbonyl (C=O) groups is 1. The van der Waals surface area contributed by atoms with Crippen LogP contribution in [0.4, 0.5) is 0 Å². The molecule has 0 aliphatic carbocycles. The Balaban J connectivity index is 2.64. The summed E-state index contributed by atoms with van der Waals surface area (Å²) in [5.74, 6) is -0.960. The van der Waals surface area contributed by atoms with Gasteiger partial charge in [0.25, 0.3) is 0 Å². The van der Waals surface area contributed by atoms with E-state index in [2.05, 4.69) is 22.6 Å². The number of carboxylic acids is 1. The van der Waals surface area contributed by atoms with Gasteiger partial charge >= 0.3 is 5.97 Å². The summed E-state index contributed by atoms with van der Waals surface area (Å²) in [5.41, 5.74) is 6.34. The van der Waals surface area contributed by atoms with Crippen LogP contribution in [-0.2, 0) is 11.2 Å². The van der Waals surface area contributed by atoms with Gasteiger partial charge in [-0.3, -0.25) is 4.79 Å². The van der Waals surface area contributed by atoms with Crippen LogP contribution in [0.2, 0.25) is 0 Å². The maximum atomic E-state index is 10.4. The molecular formula is C9H10INO2. The number of halogens is 1. The molecule has 1 unspecified atom stereocenters. The fourth-order valence-electron chi connectivity index (χ4n) is 0.962. The van der Waals surface area contributed by atoms with Gasteiger partial charge < -0.3 is 10.8 Å². The lowest BCUT2D eigenvalue weighted by molar-refractivity contribution is -0.138. The van der Waals surface area contributed by atoms with Gasteiger partial charge in [0.05, 0.1) is 0 Å². The first-order valence-corrected chi connectivity index (χ1v) is 4.90. The summed E-state index contributed by atoms with van der Waals surface area (Å²) in [6.45, 7) is 0. The minimum atomic E-state index is -0.960. The SMILES string of the molecule is NC(Cc1ccc([124I])cc1)C(=O)O. The maximum Gasteiger partial charge on any atom is 0.320 e. The summed E-state index contributed by atoms with van der Waals surface area (Å²) < 4.78 is 1.13. The van der Waals surface area contributed by atoms with Crippen LogP contribution < -0.4 is 5.73 Å². The first-order chi connectivity index (χ1) is 6.09. The van der Waals surface area contributed by atoms with Crippen molar-refractivity contribution < 1.29 is 9.90 Å². The van der Waals surface area contributed by atoms with Crippen LogP contribution in [0.5, 0.6) is 0 Å². The zero-order valence-corrected chi connectivity index (χ0v) is 9.06. The van der Waals surface area contributed by atoms with Gasteiger partial charge in [-0.05, 0) is 46.7 Å². The first-order valence-electron chi connectivity index (χ1n) is 3.82. The number of aliphatic carboxylic acids is 1. The molecule has 0 heterocycles. The molecule has 1 atom stereocenters. The largest absolute Gasteiger partial charge is 0.480 e. The Morgan fingerprint density at radius 2 is 2.00 bits per heavy atom. The Bertz CT molecular complexity index is 297. The number of carboxylic acid groups (broad SMARTS) is 1. The summed E-state index contributed by atoms with van der Waals surface area (Å²) in [7, 11) is 0. The van der Waals surface area contributed by atoms with E-state index in [1.807, 2.05) is 24.3 Å². The summed E-state index contributed by atoms with van der Waals surface area (Å²) in [6, 6.07) is 6.85. The van der Waals surface area contributed by atoms with Crippen LogP contribution in [0.25, 0.3) is 0 Å².